The number of benzene rings is 1. The molecule has 1 unspecified atom stereocenters. The number of halogens is 3. The van der Waals surface area contributed by atoms with Crippen LogP contribution in [0.3, 0.4) is 0 Å². The Kier molecular flexibility index (Phi) is 9.51. The van der Waals surface area contributed by atoms with Gasteiger partial charge >= 0.3 is 0 Å². The van der Waals surface area contributed by atoms with Crippen LogP contribution in [-0.2, 0) is 16.9 Å². The van der Waals surface area contributed by atoms with Gasteiger partial charge < -0.3 is 10.6 Å². The van der Waals surface area contributed by atoms with E-state index in [9.17, 15) is 4.79 Å². The fraction of sp³-hybridized carbons (Fsp3) is 0.294. The van der Waals surface area contributed by atoms with Crippen molar-refractivity contribution in [2.45, 2.75) is 25.9 Å². The highest BCUT2D eigenvalue weighted by atomic mass is 79.9. The molecule has 1 atom stereocenters. The molecule has 132 valence electrons. The maximum absolute atomic E-state index is 12.8. The van der Waals surface area contributed by atoms with Crippen molar-refractivity contribution in [3.8, 4) is 0 Å². The lowest BCUT2D eigenvalue weighted by molar-refractivity contribution is -0.137. The molecular formula is C17H22BrCl2N3O. The Labute approximate surface area is 163 Å². The lowest BCUT2D eigenvalue weighted by Gasteiger charge is -2.31. The van der Waals surface area contributed by atoms with Crippen molar-refractivity contribution >= 4 is 46.7 Å². The minimum atomic E-state index is -1.06. The van der Waals surface area contributed by atoms with E-state index in [0.29, 0.717) is 13.1 Å². The summed E-state index contributed by atoms with van der Waals surface area (Å²) < 4.78 is 0.959. The van der Waals surface area contributed by atoms with Crippen molar-refractivity contribution in [1.82, 2.24) is 9.88 Å². The van der Waals surface area contributed by atoms with Gasteiger partial charge in [0.1, 0.15) is 5.54 Å². The maximum atomic E-state index is 12.8. The summed E-state index contributed by atoms with van der Waals surface area (Å²) in [6, 6.07) is 13.2. The first-order valence-corrected chi connectivity index (χ1v) is 7.98. The van der Waals surface area contributed by atoms with Gasteiger partial charge in [-0.15, -0.1) is 24.8 Å². The highest BCUT2D eigenvalue weighted by Crippen LogP contribution is 2.23. The molecule has 1 aromatic carbocycles. The molecule has 1 aromatic heterocycles. The highest BCUT2D eigenvalue weighted by Gasteiger charge is 2.34. The zero-order valence-corrected chi connectivity index (χ0v) is 16.8. The van der Waals surface area contributed by atoms with E-state index >= 15 is 0 Å². The molecule has 1 amide bonds. The van der Waals surface area contributed by atoms with Crippen LogP contribution in [0.25, 0.3) is 0 Å². The van der Waals surface area contributed by atoms with Gasteiger partial charge in [0, 0.05) is 17.2 Å². The first-order valence-electron chi connectivity index (χ1n) is 7.19. The topological polar surface area (TPSA) is 59.2 Å². The van der Waals surface area contributed by atoms with Gasteiger partial charge in [-0.25, -0.2) is 0 Å². The molecular weight excluding hydrogens is 413 g/mol. The molecule has 0 aliphatic carbocycles. The monoisotopic (exact) mass is 433 g/mol. The Morgan fingerprint density at radius 2 is 1.83 bits per heavy atom. The molecule has 0 aliphatic rings. The smallest absolute Gasteiger partial charge is 0.247 e. The molecule has 1 heterocycles. The number of pyridine rings is 1. The molecule has 0 aliphatic heterocycles. The Bertz CT molecular complexity index is 636. The third kappa shape index (κ3) is 5.45. The van der Waals surface area contributed by atoms with Gasteiger partial charge in [0.05, 0.1) is 12.2 Å². The highest BCUT2D eigenvalue weighted by molar-refractivity contribution is 9.10. The molecule has 2 N–H and O–H groups in total. The number of aromatic nitrogens is 1. The molecule has 24 heavy (non-hydrogen) atoms. The predicted molar refractivity (Wildman–Crippen MR) is 106 cm³/mol. The Hall–Kier alpha value is -1.14. The lowest BCUT2D eigenvalue weighted by atomic mass is 9.91. The van der Waals surface area contributed by atoms with E-state index in [4.69, 9.17) is 5.73 Å². The summed E-state index contributed by atoms with van der Waals surface area (Å²) in [5.41, 5.74) is 6.91. The minimum Gasteiger partial charge on any atom is -0.335 e. The van der Waals surface area contributed by atoms with Crippen LogP contribution in [0.15, 0.2) is 53.1 Å². The molecule has 0 fully saturated rings. The Morgan fingerprint density at radius 3 is 2.33 bits per heavy atom. The Balaban J connectivity index is 0.00000264. The first-order chi connectivity index (χ1) is 10.4. The SMILES string of the molecule is CCN(Cc1ccccn1)C(=O)C(C)(N)c1ccc(Br)cc1.Cl.Cl. The molecule has 0 saturated carbocycles. The minimum absolute atomic E-state index is 0. The van der Waals surface area contributed by atoms with Crippen molar-refractivity contribution in [2.24, 2.45) is 5.73 Å². The second-order valence-corrected chi connectivity index (χ2v) is 6.27. The number of hydrogen-bond donors (Lipinski definition) is 1. The summed E-state index contributed by atoms with van der Waals surface area (Å²) >= 11 is 3.39. The summed E-state index contributed by atoms with van der Waals surface area (Å²) in [5, 5.41) is 0. The molecule has 0 saturated heterocycles. The standard InChI is InChI=1S/C17H20BrN3O.2ClH/c1-3-21(12-15-6-4-5-11-20-15)16(22)17(2,19)13-7-9-14(18)10-8-13;;/h4-11H,3,12,19H2,1-2H3;2*1H. The van der Waals surface area contributed by atoms with E-state index in [1.807, 2.05) is 49.4 Å². The summed E-state index contributed by atoms with van der Waals surface area (Å²) in [6.45, 7) is 4.73. The predicted octanol–water partition coefficient (Wildman–Crippen LogP) is 3.91. The van der Waals surface area contributed by atoms with Crippen LogP contribution in [0, 0.1) is 0 Å². The molecule has 2 aromatic rings. The second-order valence-electron chi connectivity index (χ2n) is 5.35. The number of nitrogens with two attached hydrogens (primary N) is 1. The summed E-state index contributed by atoms with van der Waals surface area (Å²) in [6.07, 6.45) is 1.73. The second kappa shape index (κ2) is 9.99. The zero-order valence-electron chi connectivity index (χ0n) is 13.6. The van der Waals surface area contributed by atoms with Crippen LogP contribution < -0.4 is 5.73 Å². The van der Waals surface area contributed by atoms with Gasteiger partial charge in [-0.1, -0.05) is 34.1 Å². The number of carbonyl (C=O) groups excluding carboxylic acids is 1. The van der Waals surface area contributed by atoms with Gasteiger partial charge in [-0.05, 0) is 43.7 Å². The molecule has 0 bridgehead atoms. The third-order valence-corrected chi connectivity index (χ3v) is 4.16. The third-order valence-electron chi connectivity index (χ3n) is 3.64. The van der Waals surface area contributed by atoms with Crippen molar-refractivity contribution in [2.75, 3.05) is 6.54 Å². The first kappa shape index (κ1) is 22.9. The number of hydrogen-bond acceptors (Lipinski definition) is 3. The van der Waals surface area contributed by atoms with Crippen molar-refractivity contribution in [3.63, 3.8) is 0 Å². The van der Waals surface area contributed by atoms with Gasteiger partial charge in [-0.3, -0.25) is 9.78 Å². The summed E-state index contributed by atoms with van der Waals surface area (Å²) in [4.78, 5) is 18.8. The molecule has 7 heteroatoms. The fourth-order valence-electron chi connectivity index (χ4n) is 2.26. The van der Waals surface area contributed by atoms with Gasteiger partial charge in [0.25, 0.3) is 0 Å². The Morgan fingerprint density at radius 1 is 1.21 bits per heavy atom. The van der Waals surface area contributed by atoms with Gasteiger partial charge in [-0.2, -0.15) is 0 Å². The molecule has 2 rings (SSSR count). The quantitative estimate of drug-likeness (QED) is 0.775. The van der Waals surface area contributed by atoms with Crippen LogP contribution in [0.5, 0.6) is 0 Å². The van der Waals surface area contributed by atoms with Crippen LogP contribution >= 0.6 is 40.7 Å². The van der Waals surface area contributed by atoms with E-state index in [0.717, 1.165) is 15.7 Å². The van der Waals surface area contributed by atoms with E-state index in [-0.39, 0.29) is 30.7 Å². The van der Waals surface area contributed by atoms with Gasteiger partial charge in [0.15, 0.2) is 0 Å². The van der Waals surface area contributed by atoms with E-state index < -0.39 is 5.54 Å². The maximum Gasteiger partial charge on any atom is 0.247 e. The van der Waals surface area contributed by atoms with Crippen LogP contribution in [0.1, 0.15) is 25.1 Å². The lowest BCUT2D eigenvalue weighted by Crippen LogP contribution is -2.50. The normalized spacial score (nSPS) is 12.3. The van der Waals surface area contributed by atoms with Crippen molar-refractivity contribution in [3.05, 3.63) is 64.4 Å². The molecule has 0 radical (unpaired) electrons. The van der Waals surface area contributed by atoms with E-state index in [1.165, 1.54) is 0 Å². The van der Waals surface area contributed by atoms with Crippen molar-refractivity contribution < 1.29 is 4.79 Å². The van der Waals surface area contributed by atoms with E-state index in [2.05, 4.69) is 20.9 Å². The number of amides is 1. The number of likely N-dealkylation sites (N-methyl/N-ethyl adjacent to an activating group) is 1. The molecule has 4 nitrogen and oxygen atoms in total. The average Bonchev–Trinajstić information content (AvgIpc) is 2.53. The molecule has 0 spiro atoms. The number of carbonyl (C=O) groups is 1. The average molecular weight is 435 g/mol. The van der Waals surface area contributed by atoms with Crippen LogP contribution in [0.2, 0.25) is 0 Å². The van der Waals surface area contributed by atoms with Gasteiger partial charge in [0.2, 0.25) is 5.91 Å². The number of rotatable bonds is 5. The number of nitrogens with zero attached hydrogens (tertiary/aromatic N) is 2. The largest absolute Gasteiger partial charge is 0.335 e. The van der Waals surface area contributed by atoms with Crippen LogP contribution in [0.4, 0.5) is 0 Å². The van der Waals surface area contributed by atoms with E-state index in [1.54, 1.807) is 18.0 Å². The summed E-state index contributed by atoms with van der Waals surface area (Å²) in [5.74, 6) is -0.108. The van der Waals surface area contributed by atoms with Crippen LogP contribution in [-0.4, -0.2) is 22.3 Å². The van der Waals surface area contributed by atoms with Crippen molar-refractivity contribution in [1.29, 1.82) is 0 Å². The fourth-order valence-corrected chi connectivity index (χ4v) is 2.53. The zero-order chi connectivity index (χ0) is 16.2. The summed E-state index contributed by atoms with van der Waals surface area (Å²) in [7, 11) is 0.